The smallest absolute Gasteiger partial charge is 0.165 e. The molecule has 0 amide bonds. The average Bonchev–Trinajstić information content (AvgIpc) is 3.36. The zero-order valence-electron chi connectivity index (χ0n) is 19.1. The van der Waals surface area contributed by atoms with Crippen LogP contribution in [0.2, 0.25) is 10.0 Å². The highest BCUT2D eigenvalue weighted by Crippen LogP contribution is 2.30. The van der Waals surface area contributed by atoms with Gasteiger partial charge in [0.1, 0.15) is 12.4 Å². The van der Waals surface area contributed by atoms with Crippen molar-refractivity contribution in [1.29, 1.82) is 0 Å². The molecule has 3 nitrogen and oxygen atoms in total. The summed E-state index contributed by atoms with van der Waals surface area (Å²) in [6.07, 6.45) is 5.58. The molecular formula is C30H21Cl2FN2O. The van der Waals surface area contributed by atoms with E-state index in [0.717, 1.165) is 33.5 Å². The summed E-state index contributed by atoms with van der Waals surface area (Å²) in [5.74, 6) is 0.551. The number of rotatable bonds is 7. The molecule has 0 aliphatic carbocycles. The van der Waals surface area contributed by atoms with Gasteiger partial charge in [0.05, 0.1) is 16.9 Å². The molecule has 0 radical (unpaired) electrons. The van der Waals surface area contributed by atoms with Crippen LogP contribution in [0.3, 0.4) is 0 Å². The van der Waals surface area contributed by atoms with Crippen LogP contribution in [0.1, 0.15) is 17.0 Å². The molecule has 1 aromatic heterocycles. The van der Waals surface area contributed by atoms with Gasteiger partial charge in [-0.2, -0.15) is 0 Å². The van der Waals surface area contributed by atoms with E-state index in [4.69, 9.17) is 27.9 Å². The number of ether oxygens (including phenoxy) is 1. The van der Waals surface area contributed by atoms with E-state index in [9.17, 15) is 4.39 Å². The zero-order valence-corrected chi connectivity index (χ0v) is 20.6. The topological polar surface area (TPSA) is 37.9 Å². The van der Waals surface area contributed by atoms with Crippen molar-refractivity contribution in [3.63, 3.8) is 0 Å². The minimum absolute atomic E-state index is 0.236. The van der Waals surface area contributed by atoms with Gasteiger partial charge in [-0.1, -0.05) is 89.9 Å². The molecule has 0 atom stereocenters. The van der Waals surface area contributed by atoms with Crippen molar-refractivity contribution in [2.45, 2.75) is 6.61 Å². The fourth-order valence-corrected chi connectivity index (χ4v) is 4.27. The van der Waals surface area contributed by atoms with Crippen LogP contribution in [0.25, 0.3) is 34.5 Å². The number of hydrogen-bond donors (Lipinski definition) is 1. The first-order valence-electron chi connectivity index (χ1n) is 11.3. The molecule has 0 spiro atoms. The molecule has 0 saturated carbocycles. The second-order valence-electron chi connectivity index (χ2n) is 8.18. The first-order valence-corrected chi connectivity index (χ1v) is 12.1. The molecule has 0 aliphatic heterocycles. The van der Waals surface area contributed by atoms with Crippen LogP contribution in [0.15, 0.2) is 97.2 Å². The van der Waals surface area contributed by atoms with Crippen molar-refractivity contribution in [2.24, 2.45) is 0 Å². The van der Waals surface area contributed by atoms with Crippen LogP contribution < -0.4 is 4.74 Å². The molecule has 5 rings (SSSR count). The number of hydrogen-bond acceptors (Lipinski definition) is 2. The molecule has 1 N–H and O–H groups in total. The lowest BCUT2D eigenvalue weighted by atomic mass is 10.0. The van der Waals surface area contributed by atoms with Crippen molar-refractivity contribution in [3.8, 4) is 28.1 Å². The fourth-order valence-electron chi connectivity index (χ4n) is 3.76. The van der Waals surface area contributed by atoms with Crippen molar-refractivity contribution in [3.05, 3.63) is 130 Å². The third-order valence-electron chi connectivity index (χ3n) is 5.66. The number of benzene rings is 4. The van der Waals surface area contributed by atoms with Crippen LogP contribution in [0.5, 0.6) is 5.75 Å². The highest BCUT2D eigenvalue weighted by Gasteiger charge is 2.08. The predicted octanol–water partition coefficient (Wildman–Crippen LogP) is 8.94. The molecule has 1 heterocycles. The highest BCUT2D eigenvalue weighted by atomic mass is 35.5. The van der Waals surface area contributed by atoms with Gasteiger partial charge in [0.2, 0.25) is 0 Å². The molecule has 178 valence electrons. The number of H-pyrrole nitrogens is 1. The van der Waals surface area contributed by atoms with E-state index < -0.39 is 0 Å². The van der Waals surface area contributed by atoms with Crippen LogP contribution in [0.4, 0.5) is 4.39 Å². The Kier molecular flexibility index (Phi) is 7.17. The molecule has 0 fully saturated rings. The summed E-state index contributed by atoms with van der Waals surface area (Å²) >= 11 is 12.3. The Balaban J connectivity index is 1.25. The number of imidazole rings is 1. The number of aromatic nitrogens is 2. The third kappa shape index (κ3) is 5.68. The summed E-state index contributed by atoms with van der Waals surface area (Å²) in [5.41, 5.74) is 5.32. The van der Waals surface area contributed by atoms with Gasteiger partial charge >= 0.3 is 0 Å². The first kappa shape index (κ1) is 23.9. The quantitative estimate of drug-likeness (QED) is 0.235. The summed E-state index contributed by atoms with van der Waals surface area (Å²) in [6.45, 7) is 0.321. The van der Waals surface area contributed by atoms with Gasteiger partial charge in [-0.15, -0.1) is 0 Å². The van der Waals surface area contributed by atoms with Crippen molar-refractivity contribution >= 4 is 35.4 Å². The SMILES string of the molecule is Fc1cc(-c2ccc(/C=C/c3ncc(-c4ccc(Cl)cc4Cl)[nH]3)cc2)ccc1OCc1ccccc1. The van der Waals surface area contributed by atoms with Crippen LogP contribution in [0, 0.1) is 5.82 Å². The Labute approximate surface area is 218 Å². The van der Waals surface area contributed by atoms with Crippen molar-refractivity contribution in [2.75, 3.05) is 0 Å². The van der Waals surface area contributed by atoms with E-state index in [1.165, 1.54) is 6.07 Å². The van der Waals surface area contributed by atoms with E-state index in [-0.39, 0.29) is 11.6 Å². The molecule has 6 heteroatoms. The summed E-state index contributed by atoms with van der Waals surface area (Å²) in [4.78, 5) is 7.65. The first-order chi connectivity index (χ1) is 17.5. The van der Waals surface area contributed by atoms with Gasteiger partial charge in [-0.25, -0.2) is 9.37 Å². The summed E-state index contributed by atoms with van der Waals surface area (Å²) in [5, 5.41) is 1.14. The molecule has 4 aromatic carbocycles. The van der Waals surface area contributed by atoms with Crippen LogP contribution >= 0.6 is 23.2 Å². The van der Waals surface area contributed by atoms with Gasteiger partial charge in [0.25, 0.3) is 0 Å². The molecule has 0 aliphatic rings. The maximum absolute atomic E-state index is 14.6. The number of nitrogens with one attached hydrogen (secondary N) is 1. The normalized spacial score (nSPS) is 11.2. The van der Waals surface area contributed by atoms with Gasteiger partial charge in [-0.3, -0.25) is 0 Å². The highest BCUT2D eigenvalue weighted by molar-refractivity contribution is 6.36. The largest absolute Gasteiger partial charge is 0.486 e. The van der Waals surface area contributed by atoms with E-state index in [1.807, 2.05) is 78.9 Å². The van der Waals surface area contributed by atoms with Crippen LogP contribution in [-0.4, -0.2) is 9.97 Å². The Morgan fingerprint density at radius 1 is 0.833 bits per heavy atom. The Morgan fingerprint density at radius 3 is 2.36 bits per heavy atom. The lowest BCUT2D eigenvalue weighted by Gasteiger charge is -2.09. The summed E-state index contributed by atoms with van der Waals surface area (Å²) in [6, 6.07) is 27.9. The second kappa shape index (κ2) is 10.8. The monoisotopic (exact) mass is 514 g/mol. The van der Waals surface area contributed by atoms with E-state index in [0.29, 0.717) is 22.5 Å². The maximum atomic E-state index is 14.6. The molecule has 0 saturated heterocycles. The number of halogens is 3. The Bertz CT molecular complexity index is 1510. The summed E-state index contributed by atoms with van der Waals surface area (Å²) < 4.78 is 20.3. The minimum atomic E-state index is -0.387. The van der Waals surface area contributed by atoms with Gasteiger partial charge in [-0.05, 0) is 58.7 Å². The van der Waals surface area contributed by atoms with Crippen molar-refractivity contribution in [1.82, 2.24) is 9.97 Å². The molecule has 36 heavy (non-hydrogen) atoms. The Morgan fingerprint density at radius 2 is 1.61 bits per heavy atom. The molecular weight excluding hydrogens is 494 g/mol. The summed E-state index contributed by atoms with van der Waals surface area (Å²) in [7, 11) is 0. The average molecular weight is 515 g/mol. The zero-order chi connectivity index (χ0) is 24.9. The van der Waals surface area contributed by atoms with Crippen LogP contribution in [-0.2, 0) is 6.61 Å². The molecule has 0 unspecified atom stereocenters. The number of nitrogens with zero attached hydrogens (tertiary/aromatic N) is 1. The molecule has 5 aromatic rings. The van der Waals surface area contributed by atoms with Gasteiger partial charge in [0, 0.05) is 10.6 Å². The lowest BCUT2D eigenvalue weighted by molar-refractivity contribution is 0.290. The van der Waals surface area contributed by atoms with E-state index in [2.05, 4.69) is 9.97 Å². The third-order valence-corrected chi connectivity index (χ3v) is 6.21. The molecule has 0 bridgehead atoms. The lowest BCUT2D eigenvalue weighted by Crippen LogP contribution is -1.97. The Hall–Kier alpha value is -3.86. The van der Waals surface area contributed by atoms with Gasteiger partial charge < -0.3 is 9.72 Å². The van der Waals surface area contributed by atoms with Crippen molar-refractivity contribution < 1.29 is 9.13 Å². The standard InChI is InChI=1S/C30H21Cl2FN2O/c31-24-12-13-25(26(32)17-24)28-18-34-30(35-28)15-8-20-6-9-22(10-7-20)23-11-14-29(27(33)16-23)36-19-21-4-2-1-3-5-21/h1-18H,19H2,(H,34,35)/b15-8+. The fraction of sp³-hybridized carbons (Fsp3) is 0.0333. The second-order valence-corrected chi connectivity index (χ2v) is 9.02. The van der Waals surface area contributed by atoms with E-state index >= 15 is 0 Å². The maximum Gasteiger partial charge on any atom is 0.165 e. The predicted molar refractivity (Wildman–Crippen MR) is 146 cm³/mol. The number of aromatic amines is 1. The van der Waals surface area contributed by atoms with E-state index in [1.54, 1.807) is 24.4 Å². The van der Waals surface area contributed by atoms with Gasteiger partial charge in [0.15, 0.2) is 11.6 Å². The minimum Gasteiger partial charge on any atom is -0.486 e.